The van der Waals surface area contributed by atoms with Gasteiger partial charge in [0.05, 0.1) is 13.1 Å². The van der Waals surface area contributed by atoms with Crippen molar-refractivity contribution >= 4 is 5.78 Å². The highest BCUT2D eigenvalue weighted by molar-refractivity contribution is 6.08. The van der Waals surface area contributed by atoms with Crippen molar-refractivity contribution in [1.29, 1.82) is 0 Å². The van der Waals surface area contributed by atoms with Gasteiger partial charge in [-0.1, -0.05) is 30.3 Å². The summed E-state index contributed by atoms with van der Waals surface area (Å²) in [6, 6.07) is 15.5. The lowest BCUT2D eigenvalue weighted by atomic mass is 9.97. The third-order valence-corrected chi connectivity index (χ3v) is 5.20. The van der Waals surface area contributed by atoms with E-state index in [0.717, 1.165) is 4.90 Å². The lowest BCUT2D eigenvalue weighted by Crippen LogP contribution is -3.15. The lowest BCUT2D eigenvalue weighted by Gasteiger charge is -2.32. The number of ether oxygens (including phenoxy) is 1. The number of carbonyl (C=O) groups excluding carboxylic acids is 1. The van der Waals surface area contributed by atoms with Crippen LogP contribution in [-0.2, 0) is 0 Å². The third-order valence-electron chi connectivity index (χ3n) is 5.20. The van der Waals surface area contributed by atoms with Gasteiger partial charge in [-0.2, -0.15) is 13.2 Å². The molecule has 4 nitrogen and oxygen atoms in total. The van der Waals surface area contributed by atoms with Crippen molar-refractivity contribution in [3.63, 3.8) is 0 Å². The summed E-state index contributed by atoms with van der Waals surface area (Å²) in [4.78, 5) is 13.1. The van der Waals surface area contributed by atoms with Crippen molar-refractivity contribution in [2.24, 2.45) is 5.92 Å². The van der Waals surface area contributed by atoms with Gasteiger partial charge in [-0.05, 0) is 37.1 Å². The molecule has 0 saturated carbocycles. The summed E-state index contributed by atoms with van der Waals surface area (Å²) in [5.74, 6) is -0.894. The second-order valence-electron chi connectivity index (χ2n) is 7.47. The summed E-state index contributed by atoms with van der Waals surface area (Å²) in [5.41, 5.74) is 1.12. The Morgan fingerprint density at radius 1 is 1.10 bits per heavy atom. The molecule has 2 N–H and O–H groups in total. The number of hydrogen-bond acceptors (Lipinski definition) is 3. The molecule has 1 saturated heterocycles. The topological polar surface area (TPSA) is 51.0 Å². The molecule has 3 rings (SSSR count). The molecule has 1 aliphatic heterocycles. The van der Waals surface area contributed by atoms with E-state index in [1.54, 1.807) is 48.5 Å². The SMILES string of the molecule is O=C(c1ccccc1)c1ccc(OC[C@@H](O)C[NH+]2CCC[C@H](C(F)(F)F)C2)cc1. The predicted octanol–water partition coefficient (Wildman–Crippen LogP) is 2.51. The number of quaternary nitrogens is 1. The molecule has 1 unspecified atom stereocenters. The van der Waals surface area contributed by atoms with Crippen LogP contribution in [0.2, 0.25) is 0 Å². The maximum atomic E-state index is 12.9. The molecule has 29 heavy (non-hydrogen) atoms. The van der Waals surface area contributed by atoms with E-state index in [2.05, 4.69) is 0 Å². The van der Waals surface area contributed by atoms with E-state index in [1.165, 1.54) is 0 Å². The minimum Gasteiger partial charge on any atom is -0.491 e. The van der Waals surface area contributed by atoms with Crippen LogP contribution < -0.4 is 9.64 Å². The number of nitrogens with one attached hydrogen (secondary N) is 1. The number of halogens is 3. The maximum Gasteiger partial charge on any atom is 0.397 e. The number of rotatable bonds is 7. The van der Waals surface area contributed by atoms with Crippen LogP contribution in [0.1, 0.15) is 28.8 Å². The highest BCUT2D eigenvalue weighted by Crippen LogP contribution is 2.29. The van der Waals surface area contributed by atoms with Crippen LogP contribution in [0.4, 0.5) is 13.2 Å². The van der Waals surface area contributed by atoms with Gasteiger partial charge < -0.3 is 14.7 Å². The number of aliphatic hydroxyl groups excluding tert-OH is 1. The van der Waals surface area contributed by atoms with Gasteiger partial charge in [-0.15, -0.1) is 0 Å². The first-order valence-corrected chi connectivity index (χ1v) is 9.74. The van der Waals surface area contributed by atoms with Crippen molar-refractivity contribution in [3.8, 4) is 5.75 Å². The minimum atomic E-state index is -4.17. The standard InChI is InChI=1S/C22H24F3NO3/c23-22(24,25)18-7-4-12-26(13-18)14-19(27)15-29-20-10-8-17(9-11-20)21(28)16-5-2-1-3-6-16/h1-3,5-6,8-11,18-19,27H,4,7,12-15H2/p+1/t18-,19-/m0/s1. The largest absolute Gasteiger partial charge is 0.491 e. The average molecular weight is 408 g/mol. The normalized spacial score (nSPS) is 20.8. The summed E-state index contributed by atoms with van der Waals surface area (Å²) in [5, 5.41) is 10.2. The molecule has 1 aliphatic rings. The van der Waals surface area contributed by atoms with Crippen molar-refractivity contribution in [1.82, 2.24) is 0 Å². The van der Waals surface area contributed by atoms with Crippen LogP contribution in [0.3, 0.4) is 0 Å². The van der Waals surface area contributed by atoms with Gasteiger partial charge >= 0.3 is 6.18 Å². The first-order chi connectivity index (χ1) is 13.8. The second kappa shape index (κ2) is 9.41. The van der Waals surface area contributed by atoms with Crippen molar-refractivity contribution < 1.29 is 32.7 Å². The Morgan fingerprint density at radius 2 is 1.76 bits per heavy atom. The average Bonchev–Trinajstić information content (AvgIpc) is 2.72. The van der Waals surface area contributed by atoms with E-state index < -0.39 is 18.2 Å². The Kier molecular flexibility index (Phi) is 6.92. The van der Waals surface area contributed by atoms with Crippen molar-refractivity contribution in [2.75, 3.05) is 26.2 Å². The Bertz CT molecular complexity index is 793. The molecule has 0 aromatic heterocycles. The Balaban J connectivity index is 1.48. The Morgan fingerprint density at radius 3 is 2.41 bits per heavy atom. The highest BCUT2D eigenvalue weighted by Gasteiger charge is 2.44. The molecule has 1 heterocycles. The molecule has 0 aliphatic carbocycles. The molecule has 156 valence electrons. The Hall–Kier alpha value is -2.38. The van der Waals surface area contributed by atoms with E-state index in [0.29, 0.717) is 29.8 Å². The van der Waals surface area contributed by atoms with Crippen LogP contribution in [-0.4, -0.2) is 49.4 Å². The predicted molar refractivity (Wildman–Crippen MR) is 102 cm³/mol. The number of alkyl halides is 3. The lowest BCUT2D eigenvalue weighted by molar-refractivity contribution is -0.913. The van der Waals surface area contributed by atoms with Gasteiger partial charge in [0, 0.05) is 11.1 Å². The molecule has 2 aromatic rings. The zero-order valence-corrected chi connectivity index (χ0v) is 16.0. The van der Waals surface area contributed by atoms with E-state index in [1.807, 2.05) is 6.07 Å². The number of aliphatic hydroxyl groups is 1. The first kappa shape index (κ1) is 21.3. The van der Waals surface area contributed by atoms with Gasteiger partial charge in [-0.25, -0.2) is 0 Å². The van der Waals surface area contributed by atoms with Crippen LogP contribution >= 0.6 is 0 Å². The van der Waals surface area contributed by atoms with E-state index in [-0.39, 0.29) is 31.9 Å². The van der Waals surface area contributed by atoms with Crippen molar-refractivity contribution in [2.45, 2.75) is 25.1 Å². The molecule has 0 amide bonds. The number of hydrogen-bond donors (Lipinski definition) is 2. The van der Waals surface area contributed by atoms with Crippen LogP contribution in [0, 0.1) is 5.92 Å². The summed E-state index contributed by atoms with van der Waals surface area (Å²) in [6.45, 7) is 0.833. The van der Waals surface area contributed by atoms with Gasteiger partial charge in [-0.3, -0.25) is 4.79 Å². The first-order valence-electron chi connectivity index (χ1n) is 9.74. The smallest absolute Gasteiger partial charge is 0.397 e. The van der Waals surface area contributed by atoms with E-state index in [4.69, 9.17) is 4.74 Å². The molecular weight excluding hydrogens is 383 g/mol. The summed E-state index contributed by atoms with van der Waals surface area (Å²) in [6.07, 6.45) is -4.37. The van der Waals surface area contributed by atoms with Gasteiger partial charge in [0.2, 0.25) is 0 Å². The molecule has 0 spiro atoms. The zero-order chi connectivity index (χ0) is 20.9. The molecule has 0 bridgehead atoms. The van der Waals surface area contributed by atoms with Crippen molar-refractivity contribution in [3.05, 3.63) is 65.7 Å². The molecule has 0 radical (unpaired) electrons. The maximum absolute atomic E-state index is 12.9. The molecule has 7 heteroatoms. The summed E-state index contributed by atoms with van der Waals surface area (Å²) in [7, 11) is 0. The van der Waals surface area contributed by atoms with Gasteiger partial charge in [0.1, 0.15) is 30.9 Å². The monoisotopic (exact) mass is 408 g/mol. The molecule has 2 aromatic carbocycles. The Labute approximate surface area is 167 Å². The second-order valence-corrected chi connectivity index (χ2v) is 7.47. The van der Waals surface area contributed by atoms with Gasteiger partial charge in [0.15, 0.2) is 5.78 Å². The third kappa shape index (κ3) is 6.05. The summed E-state index contributed by atoms with van der Waals surface area (Å²) < 4.78 is 44.2. The quantitative estimate of drug-likeness (QED) is 0.693. The fraction of sp³-hybridized carbons (Fsp3) is 0.409. The molecule has 1 fully saturated rings. The number of carbonyl (C=O) groups is 1. The minimum absolute atomic E-state index is 0.00312. The number of ketones is 1. The van der Waals surface area contributed by atoms with Crippen LogP contribution in [0.5, 0.6) is 5.75 Å². The van der Waals surface area contributed by atoms with Crippen LogP contribution in [0.15, 0.2) is 54.6 Å². The van der Waals surface area contributed by atoms with Gasteiger partial charge in [0.25, 0.3) is 0 Å². The summed E-state index contributed by atoms with van der Waals surface area (Å²) >= 11 is 0. The molecule has 3 atom stereocenters. The zero-order valence-electron chi connectivity index (χ0n) is 16.0. The molecular formula is C22H25F3NO3+. The van der Waals surface area contributed by atoms with E-state index in [9.17, 15) is 23.1 Å². The fourth-order valence-electron chi connectivity index (χ4n) is 3.66. The number of piperidine rings is 1. The number of benzene rings is 2. The highest BCUT2D eigenvalue weighted by atomic mass is 19.4. The number of likely N-dealkylation sites (tertiary alicyclic amines) is 1. The van der Waals surface area contributed by atoms with E-state index >= 15 is 0 Å². The van der Waals surface area contributed by atoms with Crippen LogP contribution in [0.25, 0.3) is 0 Å². The fourth-order valence-corrected chi connectivity index (χ4v) is 3.66.